The first-order valence-corrected chi connectivity index (χ1v) is 6.91. The Labute approximate surface area is 97.1 Å². The number of thiophene rings is 1. The van der Waals surface area contributed by atoms with Gasteiger partial charge in [0.05, 0.1) is 6.10 Å². The summed E-state index contributed by atoms with van der Waals surface area (Å²) in [7, 11) is 0. The van der Waals surface area contributed by atoms with Crippen LogP contribution in [0.5, 0.6) is 0 Å². The van der Waals surface area contributed by atoms with Gasteiger partial charge in [0.1, 0.15) is 4.88 Å². The van der Waals surface area contributed by atoms with E-state index in [9.17, 15) is 9.90 Å². The second kappa shape index (κ2) is 4.55. The molecule has 3 nitrogen and oxygen atoms in total. The van der Waals surface area contributed by atoms with Gasteiger partial charge in [-0.15, -0.1) is 23.1 Å². The van der Waals surface area contributed by atoms with Crippen LogP contribution < -0.4 is 0 Å². The lowest BCUT2D eigenvalue weighted by molar-refractivity contribution is 0.0766. The normalized spacial score (nSPS) is 20.9. The van der Waals surface area contributed by atoms with Crippen molar-refractivity contribution in [1.82, 2.24) is 4.90 Å². The highest BCUT2D eigenvalue weighted by molar-refractivity contribution is 7.98. The second-order valence-corrected chi connectivity index (χ2v) is 5.28. The smallest absolute Gasteiger partial charge is 0.265 e. The van der Waals surface area contributed by atoms with E-state index in [1.54, 1.807) is 16.7 Å². The van der Waals surface area contributed by atoms with E-state index in [-0.39, 0.29) is 12.0 Å². The summed E-state index contributed by atoms with van der Waals surface area (Å²) in [5.41, 5.74) is 0. The Morgan fingerprint density at radius 3 is 3.13 bits per heavy atom. The first-order chi connectivity index (χ1) is 7.22. The van der Waals surface area contributed by atoms with Crippen LogP contribution in [0.4, 0.5) is 0 Å². The molecular formula is C10H13NO2S2. The summed E-state index contributed by atoms with van der Waals surface area (Å²) < 4.78 is 0. The molecule has 1 aliphatic rings. The van der Waals surface area contributed by atoms with Crippen LogP contribution in [0, 0.1) is 0 Å². The molecule has 1 N–H and O–H groups in total. The van der Waals surface area contributed by atoms with E-state index in [0.29, 0.717) is 19.5 Å². The first kappa shape index (κ1) is 11.0. The number of β-amino-alcohol motifs (C(OH)–C–C–N with tert-alkyl or cyclic N) is 1. The lowest BCUT2D eigenvalue weighted by Crippen LogP contribution is -2.29. The van der Waals surface area contributed by atoms with Crippen molar-refractivity contribution in [3.05, 3.63) is 16.3 Å². The van der Waals surface area contributed by atoms with Crippen molar-refractivity contribution in [2.45, 2.75) is 17.4 Å². The number of nitrogens with zero attached hydrogens (tertiary/aromatic N) is 1. The maximum atomic E-state index is 12.0. The molecule has 0 unspecified atom stereocenters. The Morgan fingerprint density at radius 2 is 2.53 bits per heavy atom. The molecule has 1 aliphatic heterocycles. The highest BCUT2D eigenvalue weighted by Gasteiger charge is 2.27. The molecule has 0 radical (unpaired) electrons. The molecule has 0 saturated carbocycles. The van der Waals surface area contributed by atoms with Crippen molar-refractivity contribution in [3.8, 4) is 0 Å². The first-order valence-electron chi connectivity index (χ1n) is 4.81. The van der Waals surface area contributed by atoms with E-state index >= 15 is 0 Å². The zero-order valence-electron chi connectivity index (χ0n) is 8.47. The Balaban J connectivity index is 2.14. The summed E-state index contributed by atoms with van der Waals surface area (Å²) >= 11 is 3.07. The van der Waals surface area contributed by atoms with Crippen LogP contribution >= 0.6 is 23.1 Å². The Morgan fingerprint density at radius 1 is 1.73 bits per heavy atom. The fourth-order valence-corrected chi connectivity index (χ4v) is 3.40. The number of amides is 1. The standard InChI is InChI=1S/C10H13NO2S2/c1-14-8-3-5-15-9(8)10(13)11-4-2-7(12)6-11/h3,5,7,12H,2,4,6H2,1H3/t7-/m1/s1. The Hall–Kier alpha value is -0.520. The third kappa shape index (κ3) is 2.19. The van der Waals surface area contributed by atoms with E-state index in [0.717, 1.165) is 9.77 Å². The molecular weight excluding hydrogens is 230 g/mol. The summed E-state index contributed by atoms with van der Waals surface area (Å²) in [4.78, 5) is 15.6. The van der Waals surface area contributed by atoms with Crippen LogP contribution in [0.3, 0.4) is 0 Å². The van der Waals surface area contributed by atoms with Crippen molar-refractivity contribution in [2.24, 2.45) is 0 Å². The van der Waals surface area contributed by atoms with E-state index in [1.807, 2.05) is 17.7 Å². The molecule has 82 valence electrons. The third-order valence-corrected chi connectivity index (χ3v) is 4.31. The molecule has 1 fully saturated rings. The van der Waals surface area contributed by atoms with Crippen molar-refractivity contribution in [3.63, 3.8) is 0 Å². The largest absolute Gasteiger partial charge is 0.391 e. The van der Waals surface area contributed by atoms with Crippen LogP contribution in [0.2, 0.25) is 0 Å². The minimum atomic E-state index is -0.341. The van der Waals surface area contributed by atoms with Gasteiger partial charge in [0.15, 0.2) is 0 Å². The monoisotopic (exact) mass is 243 g/mol. The molecule has 1 aromatic rings. The van der Waals surface area contributed by atoms with Crippen molar-refractivity contribution in [2.75, 3.05) is 19.3 Å². The molecule has 5 heteroatoms. The lowest BCUT2D eigenvalue weighted by Gasteiger charge is -2.14. The van der Waals surface area contributed by atoms with Gasteiger partial charge in [-0.25, -0.2) is 0 Å². The molecule has 15 heavy (non-hydrogen) atoms. The summed E-state index contributed by atoms with van der Waals surface area (Å²) in [5, 5.41) is 11.3. The minimum Gasteiger partial charge on any atom is -0.391 e. The molecule has 2 rings (SSSR count). The number of thioether (sulfide) groups is 1. The van der Waals surface area contributed by atoms with Crippen LogP contribution in [-0.4, -0.2) is 41.4 Å². The summed E-state index contributed by atoms with van der Waals surface area (Å²) in [6.07, 6.45) is 2.33. The van der Waals surface area contributed by atoms with Crippen LogP contribution in [0.15, 0.2) is 16.3 Å². The Kier molecular flexibility index (Phi) is 3.33. The maximum absolute atomic E-state index is 12.0. The fraction of sp³-hybridized carbons (Fsp3) is 0.500. The molecule has 2 heterocycles. The number of hydrogen-bond donors (Lipinski definition) is 1. The number of hydrogen-bond acceptors (Lipinski definition) is 4. The molecule has 0 bridgehead atoms. The predicted octanol–water partition coefficient (Wildman–Crippen LogP) is 1.68. The van der Waals surface area contributed by atoms with Gasteiger partial charge in [-0.05, 0) is 24.1 Å². The highest BCUT2D eigenvalue weighted by Crippen LogP contribution is 2.27. The van der Waals surface area contributed by atoms with Crippen LogP contribution in [0.1, 0.15) is 16.1 Å². The molecule has 0 spiro atoms. The van der Waals surface area contributed by atoms with Gasteiger partial charge < -0.3 is 10.0 Å². The highest BCUT2D eigenvalue weighted by atomic mass is 32.2. The SMILES string of the molecule is CSc1ccsc1C(=O)N1CC[C@@H](O)C1. The summed E-state index contributed by atoms with van der Waals surface area (Å²) in [6.45, 7) is 1.15. The van der Waals surface area contributed by atoms with Gasteiger partial charge in [-0.1, -0.05) is 0 Å². The average molecular weight is 243 g/mol. The quantitative estimate of drug-likeness (QED) is 0.803. The topological polar surface area (TPSA) is 40.5 Å². The number of carbonyl (C=O) groups excluding carboxylic acids is 1. The van der Waals surface area contributed by atoms with E-state index in [1.165, 1.54) is 11.3 Å². The predicted molar refractivity (Wildman–Crippen MR) is 62.6 cm³/mol. The molecule has 1 amide bonds. The fourth-order valence-electron chi connectivity index (χ4n) is 1.68. The molecule has 1 aromatic heterocycles. The number of carbonyl (C=O) groups is 1. The van der Waals surface area contributed by atoms with Gasteiger partial charge in [0.2, 0.25) is 0 Å². The van der Waals surface area contributed by atoms with E-state index in [2.05, 4.69) is 0 Å². The molecule has 0 aliphatic carbocycles. The lowest BCUT2D eigenvalue weighted by atomic mass is 10.3. The van der Waals surface area contributed by atoms with Crippen molar-refractivity contribution >= 4 is 29.0 Å². The van der Waals surface area contributed by atoms with Crippen molar-refractivity contribution in [1.29, 1.82) is 0 Å². The van der Waals surface area contributed by atoms with E-state index in [4.69, 9.17) is 0 Å². The second-order valence-electron chi connectivity index (χ2n) is 3.51. The van der Waals surface area contributed by atoms with Crippen LogP contribution in [-0.2, 0) is 0 Å². The zero-order chi connectivity index (χ0) is 10.8. The average Bonchev–Trinajstić information content (AvgIpc) is 2.84. The van der Waals surface area contributed by atoms with Gasteiger partial charge in [0, 0.05) is 18.0 Å². The number of likely N-dealkylation sites (tertiary alicyclic amines) is 1. The van der Waals surface area contributed by atoms with Gasteiger partial charge in [-0.3, -0.25) is 4.79 Å². The molecule has 0 aromatic carbocycles. The Bertz CT molecular complexity index is 364. The number of rotatable bonds is 2. The minimum absolute atomic E-state index is 0.0610. The van der Waals surface area contributed by atoms with Gasteiger partial charge in [0.25, 0.3) is 5.91 Å². The third-order valence-electron chi connectivity index (χ3n) is 2.49. The van der Waals surface area contributed by atoms with Crippen molar-refractivity contribution < 1.29 is 9.90 Å². The molecule has 1 saturated heterocycles. The summed E-state index contributed by atoms with van der Waals surface area (Å²) in [5.74, 6) is 0.0610. The number of aliphatic hydroxyl groups is 1. The molecule has 1 atom stereocenters. The summed E-state index contributed by atoms with van der Waals surface area (Å²) in [6, 6.07) is 1.97. The van der Waals surface area contributed by atoms with E-state index < -0.39 is 0 Å². The maximum Gasteiger partial charge on any atom is 0.265 e. The zero-order valence-corrected chi connectivity index (χ0v) is 10.1. The van der Waals surface area contributed by atoms with Gasteiger partial charge in [-0.2, -0.15) is 0 Å². The van der Waals surface area contributed by atoms with Crippen LogP contribution in [0.25, 0.3) is 0 Å². The van der Waals surface area contributed by atoms with Gasteiger partial charge >= 0.3 is 0 Å². The number of aliphatic hydroxyl groups excluding tert-OH is 1.